The first-order valence-electron chi connectivity index (χ1n) is 18.8. The van der Waals surface area contributed by atoms with Crippen LogP contribution < -0.4 is 0 Å². The van der Waals surface area contributed by atoms with Crippen LogP contribution in [0.3, 0.4) is 0 Å². The van der Waals surface area contributed by atoms with Crippen LogP contribution in [-0.4, -0.2) is 9.55 Å². The molecule has 3 nitrogen and oxygen atoms in total. The van der Waals surface area contributed by atoms with Gasteiger partial charge in [0.25, 0.3) is 0 Å². The molecule has 0 saturated carbocycles. The molecular formula is C49H46N2O. The third-order valence-electron chi connectivity index (χ3n) is 12.3. The summed E-state index contributed by atoms with van der Waals surface area (Å²) in [4.78, 5) is 5.43. The van der Waals surface area contributed by atoms with E-state index in [0.29, 0.717) is 0 Å². The molecule has 0 bridgehead atoms. The molecule has 0 fully saturated rings. The molecule has 0 unspecified atom stereocenters. The Labute approximate surface area is 307 Å². The number of benzene rings is 6. The molecule has 8 aromatic rings. The van der Waals surface area contributed by atoms with E-state index in [1.165, 1.54) is 50.2 Å². The molecule has 0 spiro atoms. The van der Waals surface area contributed by atoms with E-state index in [4.69, 9.17) is 9.40 Å². The molecule has 258 valence electrons. The highest BCUT2D eigenvalue weighted by Gasteiger charge is 2.47. The summed E-state index contributed by atoms with van der Waals surface area (Å²) in [6, 6.07) is 44.2. The van der Waals surface area contributed by atoms with E-state index in [-0.39, 0.29) is 22.7 Å². The van der Waals surface area contributed by atoms with Crippen LogP contribution in [0.5, 0.6) is 0 Å². The van der Waals surface area contributed by atoms with Crippen molar-refractivity contribution in [2.45, 2.75) is 78.1 Å². The number of hydrogen-bond acceptors (Lipinski definition) is 2. The standard InChI is InChI=1S/C49H46N2O/c1-29(2)38-27-32(31-17-10-9-11-18-31)28-39(30(3)4)44(38)51-42-24-15-14-23-41(42)50-47(51)37-21-16-20-35-36-26-25-34-33-19-12-13-22-40(33)48(5,6)49(7,8)43(34)46(36)52-45(35)37/h9-30H,1-8H3. The Balaban J connectivity index is 1.36. The smallest absolute Gasteiger partial charge is 0.149 e. The van der Waals surface area contributed by atoms with Crippen molar-refractivity contribution in [3.05, 3.63) is 144 Å². The molecule has 0 saturated heterocycles. The summed E-state index contributed by atoms with van der Waals surface area (Å²) in [6.45, 7) is 18.8. The Morgan fingerprint density at radius 2 is 1.19 bits per heavy atom. The van der Waals surface area contributed by atoms with Crippen LogP contribution in [0.25, 0.3) is 72.3 Å². The van der Waals surface area contributed by atoms with Crippen molar-refractivity contribution < 1.29 is 4.42 Å². The number of para-hydroxylation sites is 3. The number of hydrogen-bond donors (Lipinski definition) is 0. The van der Waals surface area contributed by atoms with Crippen LogP contribution in [0.1, 0.15) is 89.5 Å². The fourth-order valence-electron chi connectivity index (χ4n) is 8.84. The second-order valence-corrected chi connectivity index (χ2v) is 16.4. The lowest BCUT2D eigenvalue weighted by atomic mass is 9.55. The van der Waals surface area contributed by atoms with Crippen molar-refractivity contribution >= 4 is 33.0 Å². The van der Waals surface area contributed by atoms with Gasteiger partial charge in [0.2, 0.25) is 0 Å². The van der Waals surface area contributed by atoms with Gasteiger partial charge in [0.05, 0.1) is 22.3 Å². The zero-order valence-electron chi connectivity index (χ0n) is 31.5. The Bertz CT molecular complexity index is 2650. The molecule has 0 radical (unpaired) electrons. The van der Waals surface area contributed by atoms with Crippen molar-refractivity contribution in [2.75, 3.05) is 0 Å². The van der Waals surface area contributed by atoms with Crippen LogP contribution in [0, 0.1) is 0 Å². The van der Waals surface area contributed by atoms with Crippen LogP contribution in [0.2, 0.25) is 0 Å². The van der Waals surface area contributed by atoms with E-state index in [0.717, 1.165) is 44.4 Å². The SMILES string of the molecule is CC(C)c1cc(-c2ccccc2)cc(C(C)C)c1-n1c(-c2cccc3c2oc2c4c(ccc23)-c2ccccc2C(C)(C)C4(C)C)nc2ccccc21. The van der Waals surface area contributed by atoms with Crippen molar-refractivity contribution in [1.29, 1.82) is 0 Å². The lowest BCUT2D eigenvalue weighted by Gasteiger charge is -2.48. The number of aromatic nitrogens is 2. The van der Waals surface area contributed by atoms with Gasteiger partial charge >= 0.3 is 0 Å². The molecule has 2 heterocycles. The van der Waals surface area contributed by atoms with Gasteiger partial charge in [0, 0.05) is 21.8 Å². The lowest BCUT2D eigenvalue weighted by molar-refractivity contribution is 0.299. The van der Waals surface area contributed by atoms with Gasteiger partial charge in [0.15, 0.2) is 0 Å². The Morgan fingerprint density at radius 1 is 0.558 bits per heavy atom. The minimum absolute atomic E-state index is 0.104. The molecule has 3 heteroatoms. The zero-order valence-corrected chi connectivity index (χ0v) is 31.5. The van der Waals surface area contributed by atoms with Gasteiger partial charge in [-0.2, -0.15) is 0 Å². The average molecular weight is 679 g/mol. The van der Waals surface area contributed by atoms with Crippen LogP contribution >= 0.6 is 0 Å². The number of furan rings is 1. The number of imidazole rings is 1. The van der Waals surface area contributed by atoms with Crippen LogP contribution in [0.4, 0.5) is 0 Å². The monoisotopic (exact) mass is 678 g/mol. The van der Waals surface area contributed by atoms with Gasteiger partial charge < -0.3 is 4.42 Å². The average Bonchev–Trinajstić information content (AvgIpc) is 3.72. The van der Waals surface area contributed by atoms with E-state index >= 15 is 0 Å². The summed E-state index contributed by atoms with van der Waals surface area (Å²) < 4.78 is 9.67. The summed E-state index contributed by atoms with van der Waals surface area (Å²) in [5, 5.41) is 2.27. The van der Waals surface area contributed by atoms with Crippen LogP contribution in [0.15, 0.2) is 126 Å². The zero-order chi connectivity index (χ0) is 36.1. The minimum atomic E-state index is -0.184. The van der Waals surface area contributed by atoms with Gasteiger partial charge in [-0.05, 0) is 92.6 Å². The highest BCUT2D eigenvalue weighted by Crippen LogP contribution is 2.56. The molecule has 1 aliphatic rings. The predicted octanol–water partition coefficient (Wildman–Crippen LogP) is 13.7. The van der Waals surface area contributed by atoms with Crippen molar-refractivity contribution in [3.63, 3.8) is 0 Å². The van der Waals surface area contributed by atoms with Gasteiger partial charge in [-0.3, -0.25) is 4.57 Å². The van der Waals surface area contributed by atoms with Crippen LogP contribution in [-0.2, 0) is 10.8 Å². The summed E-state index contributed by atoms with van der Waals surface area (Å²) >= 11 is 0. The predicted molar refractivity (Wildman–Crippen MR) is 219 cm³/mol. The topological polar surface area (TPSA) is 31.0 Å². The molecule has 6 aromatic carbocycles. The van der Waals surface area contributed by atoms with E-state index in [9.17, 15) is 0 Å². The molecule has 0 atom stereocenters. The number of nitrogens with zero attached hydrogens (tertiary/aromatic N) is 2. The van der Waals surface area contributed by atoms with Gasteiger partial charge in [-0.1, -0.05) is 140 Å². The molecule has 52 heavy (non-hydrogen) atoms. The molecule has 9 rings (SSSR count). The number of rotatable bonds is 5. The Kier molecular flexibility index (Phi) is 7.22. The minimum Gasteiger partial charge on any atom is -0.455 e. The maximum Gasteiger partial charge on any atom is 0.149 e. The first kappa shape index (κ1) is 32.5. The molecule has 0 aliphatic heterocycles. The molecule has 0 amide bonds. The van der Waals surface area contributed by atoms with E-state index in [2.05, 4.69) is 181 Å². The van der Waals surface area contributed by atoms with E-state index in [1.807, 2.05) is 0 Å². The third kappa shape index (κ3) is 4.54. The molecule has 0 N–H and O–H groups in total. The van der Waals surface area contributed by atoms with Crippen molar-refractivity contribution in [3.8, 4) is 39.3 Å². The lowest BCUT2D eigenvalue weighted by Crippen LogP contribution is -2.43. The summed E-state index contributed by atoms with van der Waals surface area (Å²) in [5.41, 5.74) is 16.2. The third-order valence-corrected chi connectivity index (χ3v) is 12.3. The largest absolute Gasteiger partial charge is 0.455 e. The first-order chi connectivity index (χ1) is 25.0. The quantitative estimate of drug-likeness (QED) is 0.181. The molecular weight excluding hydrogens is 633 g/mol. The Hall–Kier alpha value is -5.41. The van der Waals surface area contributed by atoms with Crippen molar-refractivity contribution in [2.24, 2.45) is 0 Å². The summed E-state index contributed by atoms with van der Waals surface area (Å²) in [5.74, 6) is 1.47. The second kappa shape index (κ2) is 11.5. The van der Waals surface area contributed by atoms with E-state index < -0.39 is 0 Å². The maximum absolute atomic E-state index is 7.25. The normalized spacial score (nSPS) is 14.8. The molecule has 1 aliphatic carbocycles. The number of fused-ring (bicyclic) bond motifs is 8. The fourth-order valence-corrected chi connectivity index (χ4v) is 8.84. The highest BCUT2D eigenvalue weighted by atomic mass is 16.3. The fraction of sp³-hybridized carbons (Fsp3) is 0.245. The van der Waals surface area contributed by atoms with Crippen molar-refractivity contribution in [1.82, 2.24) is 9.55 Å². The Morgan fingerprint density at radius 3 is 1.92 bits per heavy atom. The summed E-state index contributed by atoms with van der Waals surface area (Å²) in [6.07, 6.45) is 0. The summed E-state index contributed by atoms with van der Waals surface area (Å²) in [7, 11) is 0. The van der Waals surface area contributed by atoms with Gasteiger partial charge in [0.1, 0.15) is 17.0 Å². The van der Waals surface area contributed by atoms with Gasteiger partial charge in [-0.25, -0.2) is 4.98 Å². The maximum atomic E-state index is 7.25. The highest BCUT2D eigenvalue weighted by molar-refractivity contribution is 6.12. The first-order valence-corrected chi connectivity index (χ1v) is 18.8. The molecule has 2 aromatic heterocycles. The second-order valence-electron chi connectivity index (χ2n) is 16.4. The van der Waals surface area contributed by atoms with E-state index in [1.54, 1.807) is 0 Å². The van der Waals surface area contributed by atoms with Gasteiger partial charge in [-0.15, -0.1) is 0 Å².